The Morgan fingerprint density at radius 1 is 1.00 bits per heavy atom. The first-order chi connectivity index (χ1) is 11.1. The Balaban J connectivity index is 1.65. The first kappa shape index (κ1) is 16.0. The highest BCUT2D eigenvalue weighted by Gasteiger charge is 2.11. The van der Waals surface area contributed by atoms with Crippen LogP contribution in [-0.2, 0) is 6.61 Å². The van der Waals surface area contributed by atoms with Gasteiger partial charge in [-0.1, -0.05) is 29.8 Å². The van der Waals surface area contributed by atoms with Crippen LogP contribution in [0.15, 0.2) is 64.5 Å². The third-order valence-electron chi connectivity index (χ3n) is 3.44. The fourth-order valence-corrected chi connectivity index (χ4v) is 3.48. The van der Waals surface area contributed by atoms with E-state index in [1.165, 1.54) is 16.9 Å². The van der Waals surface area contributed by atoms with Gasteiger partial charge in [-0.15, -0.1) is 11.3 Å². The molecule has 0 N–H and O–H groups in total. The number of thiophene rings is 1. The molecular formula is C19H15BrO2S. The van der Waals surface area contributed by atoms with Crippen molar-refractivity contribution in [2.24, 2.45) is 0 Å². The van der Waals surface area contributed by atoms with E-state index in [1.54, 1.807) is 12.1 Å². The standard InChI is InChI=1S/C19H15BrO2S/c1-13-2-4-14(5-3-13)12-22-16-8-6-15(7-9-16)19(21)17-10-11-18(20)23-17/h2-11H,12H2,1H3. The quantitative estimate of drug-likeness (QED) is 0.531. The fourth-order valence-electron chi connectivity index (χ4n) is 2.13. The van der Waals surface area contributed by atoms with Gasteiger partial charge in [0.25, 0.3) is 0 Å². The number of hydrogen-bond acceptors (Lipinski definition) is 3. The smallest absolute Gasteiger partial charge is 0.202 e. The first-order valence-electron chi connectivity index (χ1n) is 7.20. The van der Waals surface area contributed by atoms with Crippen LogP contribution in [0.25, 0.3) is 0 Å². The van der Waals surface area contributed by atoms with Gasteiger partial charge < -0.3 is 4.74 Å². The molecule has 116 valence electrons. The molecule has 0 aliphatic carbocycles. The summed E-state index contributed by atoms with van der Waals surface area (Å²) in [6, 6.07) is 19.3. The summed E-state index contributed by atoms with van der Waals surface area (Å²) < 4.78 is 6.72. The van der Waals surface area contributed by atoms with Crippen LogP contribution >= 0.6 is 27.3 Å². The lowest BCUT2D eigenvalue weighted by Gasteiger charge is -2.07. The molecule has 0 fully saturated rings. The minimum atomic E-state index is 0.0331. The maximum Gasteiger partial charge on any atom is 0.202 e. The van der Waals surface area contributed by atoms with Crippen LogP contribution in [-0.4, -0.2) is 5.78 Å². The summed E-state index contributed by atoms with van der Waals surface area (Å²) in [4.78, 5) is 13.1. The number of carbonyl (C=O) groups excluding carboxylic acids is 1. The molecule has 0 unspecified atom stereocenters. The van der Waals surface area contributed by atoms with Crippen molar-refractivity contribution in [3.05, 3.63) is 86.0 Å². The minimum absolute atomic E-state index is 0.0331. The van der Waals surface area contributed by atoms with Gasteiger partial charge in [0.15, 0.2) is 0 Å². The van der Waals surface area contributed by atoms with Crippen LogP contribution in [0.4, 0.5) is 0 Å². The van der Waals surface area contributed by atoms with Crippen molar-refractivity contribution in [1.82, 2.24) is 0 Å². The molecule has 0 aliphatic heterocycles. The van der Waals surface area contributed by atoms with Crippen molar-refractivity contribution >= 4 is 33.0 Å². The summed E-state index contributed by atoms with van der Waals surface area (Å²) >= 11 is 4.82. The van der Waals surface area contributed by atoms with Crippen LogP contribution < -0.4 is 4.74 Å². The Labute approximate surface area is 147 Å². The number of benzene rings is 2. The van der Waals surface area contributed by atoms with Gasteiger partial charge in [-0.05, 0) is 64.8 Å². The number of aryl methyl sites for hydroxylation is 1. The average molecular weight is 387 g/mol. The number of halogens is 1. The average Bonchev–Trinajstić information content (AvgIpc) is 3.01. The van der Waals surface area contributed by atoms with Gasteiger partial charge in [0, 0.05) is 5.56 Å². The summed E-state index contributed by atoms with van der Waals surface area (Å²) in [6.45, 7) is 2.58. The lowest BCUT2D eigenvalue weighted by Crippen LogP contribution is -1.99. The molecule has 4 heteroatoms. The lowest BCUT2D eigenvalue weighted by atomic mass is 10.1. The molecule has 0 atom stereocenters. The van der Waals surface area contributed by atoms with Crippen molar-refractivity contribution in [1.29, 1.82) is 0 Å². The molecule has 3 rings (SSSR count). The number of rotatable bonds is 5. The van der Waals surface area contributed by atoms with E-state index in [9.17, 15) is 4.79 Å². The SMILES string of the molecule is Cc1ccc(COc2ccc(C(=O)c3ccc(Br)s3)cc2)cc1. The lowest BCUT2D eigenvalue weighted by molar-refractivity contribution is 0.104. The number of carbonyl (C=O) groups is 1. The predicted octanol–water partition coefficient (Wildman–Crippen LogP) is 5.63. The van der Waals surface area contributed by atoms with E-state index >= 15 is 0 Å². The Morgan fingerprint density at radius 2 is 1.70 bits per heavy atom. The van der Waals surface area contributed by atoms with Crippen LogP contribution in [0.5, 0.6) is 5.75 Å². The largest absolute Gasteiger partial charge is 0.489 e. The molecule has 0 saturated carbocycles. The second-order valence-corrected chi connectivity index (χ2v) is 7.69. The molecule has 1 heterocycles. The van der Waals surface area contributed by atoms with Crippen molar-refractivity contribution in [3.63, 3.8) is 0 Å². The van der Waals surface area contributed by atoms with Gasteiger partial charge in [-0.3, -0.25) is 4.79 Å². The Morgan fingerprint density at radius 3 is 2.30 bits per heavy atom. The second kappa shape index (κ2) is 7.11. The van der Waals surface area contributed by atoms with Gasteiger partial charge in [0.2, 0.25) is 5.78 Å². The molecule has 0 spiro atoms. The maximum atomic E-state index is 12.3. The number of ether oxygens (including phenoxy) is 1. The third-order valence-corrected chi connectivity index (χ3v) is 5.06. The molecule has 0 amide bonds. The summed E-state index contributed by atoms with van der Waals surface area (Å²) in [5.74, 6) is 0.792. The summed E-state index contributed by atoms with van der Waals surface area (Å²) in [5, 5.41) is 0. The molecule has 0 bridgehead atoms. The van der Waals surface area contributed by atoms with Crippen LogP contribution in [0.2, 0.25) is 0 Å². The van der Waals surface area contributed by atoms with E-state index in [1.807, 2.05) is 24.3 Å². The minimum Gasteiger partial charge on any atom is -0.489 e. The molecule has 23 heavy (non-hydrogen) atoms. The molecular weight excluding hydrogens is 372 g/mol. The zero-order chi connectivity index (χ0) is 16.2. The normalized spacial score (nSPS) is 10.5. The molecule has 2 aromatic carbocycles. The van der Waals surface area contributed by atoms with Crippen LogP contribution in [0, 0.1) is 6.92 Å². The summed E-state index contributed by atoms with van der Waals surface area (Å²) in [6.07, 6.45) is 0. The van der Waals surface area contributed by atoms with E-state index in [-0.39, 0.29) is 5.78 Å². The topological polar surface area (TPSA) is 26.3 Å². The molecule has 0 radical (unpaired) electrons. The Kier molecular flexibility index (Phi) is 4.94. The van der Waals surface area contributed by atoms with Crippen molar-refractivity contribution in [2.45, 2.75) is 13.5 Å². The van der Waals surface area contributed by atoms with Gasteiger partial charge in [0.05, 0.1) is 8.66 Å². The zero-order valence-corrected chi connectivity index (χ0v) is 15.0. The predicted molar refractivity (Wildman–Crippen MR) is 97.4 cm³/mol. The van der Waals surface area contributed by atoms with Crippen molar-refractivity contribution < 1.29 is 9.53 Å². The summed E-state index contributed by atoms with van der Waals surface area (Å²) in [5.41, 5.74) is 3.03. The number of ketones is 1. The van der Waals surface area contributed by atoms with Gasteiger partial charge in [0.1, 0.15) is 12.4 Å². The van der Waals surface area contributed by atoms with E-state index in [0.29, 0.717) is 12.2 Å². The van der Waals surface area contributed by atoms with E-state index < -0.39 is 0 Å². The van der Waals surface area contributed by atoms with Gasteiger partial charge in [-0.25, -0.2) is 0 Å². The summed E-state index contributed by atoms with van der Waals surface area (Å²) in [7, 11) is 0. The number of hydrogen-bond donors (Lipinski definition) is 0. The van der Waals surface area contributed by atoms with Gasteiger partial charge in [-0.2, -0.15) is 0 Å². The highest BCUT2D eigenvalue weighted by molar-refractivity contribution is 9.11. The monoisotopic (exact) mass is 386 g/mol. The van der Waals surface area contributed by atoms with E-state index in [2.05, 4.69) is 47.1 Å². The maximum absolute atomic E-state index is 12.3. The Hall–Kier alpha value is -1.91. The molecule has 3 aromatic rings. The van der Waals surface area contributed by atoms with Crippen LogP contribution in [0.3, 0.4) is 0 Å². The van der Waals surface area contributed by atoms with Crippen molar-refractivity contribution in [2.75, 3.05) is 0 Å². The van der Waals surface area contributed by atoms with Gasteiger partial charge >= 0.3 is 0 Å². The highest BCUT2D eigenvalue weighted by atomic mass is 79.9. The molecule has 2 nitrogen and oxygen atoms in total. The zero-order valence-electron chi connectivity index (χ0n) is 12.6. The fraction of sp³-hybridized carbons (Fsp3) is 0.105. The van der Waals surface area contributed by atoms with Crippen LogP contribution in [0.1, 0.15) is 26.4 Å². The van der Waals surface area contributed by atoms with E-state index in [0.717, 1.165) is 20.0 Å². The first-order valence-corrected chi connectivity index (χ1v) is 8.81. The highest BCUT2D eigenvalue weighted by Crippen LogP contribution is 2.25. The molecule has 0 aliphatic rings. The second-order valence-electron chi connectivity index (χ2n) is 5.23. The molecule has 1 aromatic heterocycles. The third kappa shape index (κ3) is 4.09. The molecule has 0 saturated heterocycles. The van der Waals surface area contributed by atoms with Crippen molar-refractivity contribution in [3.8, 4) is 5.75 Å². The van der Waals surface area contributed by atoms with E-state index in [4.69, 9.17) is 4.74 Å². The Bertz CT molecular complexity index is 804.